The number of urea groups is 1. The van der Waals surface area contributed by atoms with Gasteiger partial charge in [0, 0.05) is 43.3 Å². The lowest BCUT2D eigenvalue weighted by Gasteiger charge is -2.39. The molecule has 4 nitrogen and oxygen atoms in total. The van der Waals surface area contributed by atoms with E-state index in [9.17, 15) is 4.79 Å². The summed E-state index contributed by atoms with van der Waals surface area (Å²) in [6, 6.07) is 6.64. The van der Waals surface area contributed by atoms with Gasteiger partial charge in [0.1, 0.15) is 0 Å². The molecule has 1 aromatic rings. The van der Waals surface area contributed by atoms with E-state index in [0.29, 0.717) is 11.3 Å². The first-order chi connectivity index (χ1) is 12.3. The van der Waals surface area contributed by atoms with Crippen molar-refractivity contribution in [2.75, 3.05) is 31.9 Å². The molecular weight excluding hydrogens is 322 g/mol. The SMILES string of the molecule is CCN1CC(c2ccc(N)c(C3=CCC(C)(C)CC3)c2)CN(CC)C1=O. The van der Waals surface area contributed by atoms with E-state index in [1.54, 1.807) is 0 Å². The van der Waals surface area contributed by atoms with E-state index < -0.39 is 0 Å². The molecule has 1 aliphatic carbocycles. The molecule has 1 aliphatic heterocycles. The summed E-state index contributed by atoms with van der Waals surface area (Å²) in [6.07, 6.45) is 5.77. The van der Waals surface area contributed by atoms with Gasteiger partial charge in [-0.3, -0.25) is 0 Å². The monoisotopic (exact) mass is 355 g/mol. The summed E-state index contributed by atoms with van der Waals surface area (Å²) in [5, 5.41) is 0. The van der Waals surface area contributed by atoms with E-state index in [1.165, 1.54) is 23.1 Å². The van der Waals surface area contributed by atoms with Crippen molar-refractivity contribution in [2.24, 2.45) is 5.41 Å². The van der Waals surface area contributed by atoms with E-state index in [4.69, 9.17) is 5.73 Å². The molecule has 1 fully saturated rings. The van der Waals surface area contributed by atoms with Crippen molar-refractivity contribution in [3.05, 3.63) is 35.4 Å². The van der Waals surface area contributed by atoms with Crippen molar-refractivity contribution >= 4 is 17.3 Å². The molecule has 0 atom stereocenters. The summed E-state index contributed by atoms with van der Waals surface area (Å²) in [6.45, 7) is 11.9. The number of nitrogens with two attached hydrogens (primary N) is 1. The Hall–Kier alpha value is -1.97. The Bertz CT molecular complexity index is 691. The summed E-state index contributed by atoms with van der Waals surface area (Å²) < 4.78 is 0. The van der Waals surface area contributed by atoms with Crippen LogP contribution in [0.25, 0.3) is 5.57 Å². The maximum atomic E-state index is 12.4. The van der Waals surface area contributed by atoms with Gasteiger partial charge in [0.25, 0.3) is 0 Å². The van der Waals surface area contributed by atoms with E-state index >= 15 is 0 Å². The minimum atomic E-state index is 0.166. The number of carbonyl (C=O) groups excluding carboxylic acids is 1. The number of likely N-dealkylation sites (N-methyl/N-ethyl adjacent to an activating group) is 2. The fraction of sp³-hybridized carbons (Fsp3) is 0.591. The number of nitrogen functional groups attached to an aromatic ring is 1. The van der Waals surface area contributed by atoms with Gasteiger partial charge < -0.3 is 15.5 Å². The standard InChI is InChI=1S/C22H33N3O/c1-5-24-14-18(15-25(6-2)21(24)26)17-7-8-20(23)19(13-17)16-9-11-22(3,4)12-10-16/h7-9,13,18H,5-6,10-12,14-15,23H2,1-4H3. The van der Waals surface area contributed by atoms with Crippen LogP contribution in [-0.2, 0) is 0 Å². The van der Waals surface area contributed by atoms with Crippen LogP contribution in [0.2, 0.25) is 0 Å². The highest BCUT2D eigenvalue weighted by atomic mass is 16.2. The number of amides is 2. The summed E-state index contributed by atoms with van der Waals surface area (Å²) in [4.78, 5) is 16.3. The highest BCUT2D eigenvalue weighted by Gasteiger charge is 2.31. The molecule has 0 aromatic heterocycles. The second kappa shape index (κ2) is 7.34. The molecule has 2 aliphatic rings. The number of benzene rings is 1. The van der Waals surface area contributed by atoms with Crippen LogP contribution in [0.4, 0.5) is 10.5 Å². The zero-order valence-electron chi connectivity index (χ0n) is 16.7. The van der Waals surface area contributed by atoms with Crippen LogP contribution in [0.3, 0.4) is 0 Å². The third-order valence-corrected chi connectivity index (χ3v) is 6.05. The number of carbonyl (C=O) groups is 1. The van der Waals surface area contributed by atoms with Crippen molar-refractivity contribution in [1.82, 2.24) is 9.80 Å². The van der Waals surface area contributed by atoms with Gasteiger partial charge in [0.05, 0.1) is 0 Å². The molecule has 2 N–H and O–H groups in total. The number of allylic oxidation sites excluding steroid dienone is 2. The predicted molar refractivity (Wildman–Crippen MR) is 109 cm³/mol. The zero-order chi connectivity index (χ0) is 18.9. The first kappa shape index (κ1) is 18.8. The predicted octanol–water partition coefficient (Wildman–Crippen LogP) is 4.72. The Kier molecular flexibility index (Phi) is 5.31. The molecule has 0 saturated carbocycles. The van der Waals surface area contributed by atoms with Gasteiger partial charge in [-0.2, -0.15) is 0 Å². The van der Waals surface area contributed by atoms with Crippen LogP contribution >= 0.6 is 0 Å². The molecule has 4 heteroatoms. The Balaban J connectivity index is 1.88. The van der Waals surface area contributed by atoms with Gasteiger partial charge >= 0.3 is 6.03 Å². The quantitative estimate of drug-likeness (QED) is 0.794. The molecule has 0 radical (unpaired) electrons. The third-order valence-electron chi connectivity index (χ3n) is 6.05. The molecule has 0 bridgehead atoms. The number of hydrogen-bond donors (Lipinski definition) is 1. The minimum absolute atomic E-state index is 0.166. The Morgan fingerprint density at radius 1 is 1.15 bits per heavy atom. The Labute approximate surface area is 158 Å². The first-order valence-electron chi connectivity index (χ1n) is 9.97. The maximum absolute atomic E-state index is 12.4. The minimum Gasteiger partial charge on any atom is -0.398 e. The number of hydrogen-bond acceptors (Lipinski definition) is 2. The van der Waals surface area contributed by atoms with E-state index in [1.807, 2.05) is 15.9 Å². The van der Waals surface area contributed by atoms with Crippen molar-refractivity contribution < 1.29 is 4.79 Å². The summed E-state index contributed by atoms with van der Waals surface area (Å²) in [5.41, 5.74) is 11.5. The molecule has 1 aromatic carbocycles. The molecule has 26 heavy (non-hydrogen) atoms. The molecule has 0 spiro atoms. The van der Waals surface area contributed by atoms with Crippen LogP contribution in [0.1, 0.15) is 64.0 Å². The van der Waals surface area contributed by atoms with Crippen molar-refractivity contribution in [3.8, 4) is 0 Å². The normalized spacial score (nSPS) is 21.1. The molecule has 1 saturated heterocycles. The number of anilines is 1. The third kappa shape index (κ3) is 3.74. The molecule has 1 heterocycles. The van der Waals surface area contributed by atoms with Crippen LogP contribution in [0, 0.1) is 5.41 Å². The average molecular weight is 356 g/mol. The molecule has 2 amide bonds. The average Bonchev–Trinajstić information content (AvgIpc) is 2.63. The summed E-state index contributed by atoms with van der Waals surface area (Å²) >= 11 is 0. The van der Waals surface area contributed by atoms with Crippen molar-refractivity contribution in [3.63, 3.8) is 0 Å². The number of rotatable bonds is 4. The van der Waals surface area contributed by atoms with Crippen LogP contribution in [0.15, 0.2) is 24.3 Å². The largest absolute Gasteiger partial charge is 0.398 e. The second-order valence-electron chi connectivity index (χ2n) is 8.50. The first-order valence-corrected chi connectivity index (χ1v) is 9.97. The van der Waals surface area contributed by atoms with Crippen LogP contribution < -0.4 is 5.73 Å². The van der Waals surface area contributed by atoms with E-state index in [2.05, 4.69) is 45.9 Å². The fourth-order valence-corrected chi connectivity index (χ4v) is 4.11. The van der Waals surface area contributed by atoms with Crippen molar-refractivity contribution in [1.29, 1.82) is 0 Å². The molecular formula is C22H33N3O. The lowest BCUT2D eigenvalue weighted by molar-refractivity contribution is 0.125. The highest BCUT2D eigenvalue weighted by Crippen LogP contribution is 2.40. The van der Waals surface area contributed by atoms with Gasteiger partial charge in [-0.15, -0.1) is 0 Å². The lowest BCUT2D eigenvalue weighted by atomic mass is 9.76. The van der Waals surface area contributed by atoms with Crippen LogP contribution in [0.5, 0.6) is 0 Å². The van der Waals surface area contributed by atoms with E-state index in [-0.39, 0.29) is 6.03 Å². The molecule has 142 valence electrons. The second-order valence-corrected chi connectivity index (χ2v) is 8.50. The van der Waals surface area contributed by atoms with Gasteiger partial charge in [0.2, 0.25) is 0 Å². The zero-order valence-corrected chi connectivity index (χ0v) is 16.7. The van der Waals surface area contributed by atoms with Crippen LogP contribution in [-0.4, -0.2) is 42.0 Å². The molecule has 0 unspecified atom stereocenters. The Morgan fingerprint density at radius 3 is 2.35 bits per heavy atom. The topological polar surface area (TPSA) is 49.6 Å². The van der Waals surface area contributed by atoms with Gasteiger partial charge in [-0.25, -0.2) is 4.79 Å². The number of nitrogens with zero attached hydrogens (tertiary/aromatic N) is 2. The van der Waals surface area contributed by atoms with E-state index in [0.717, 1.165) is 44.7 Å². The van der Waals surface area contributed by atoms with Crippen molar-refractivity contribution in [2.45, 2.75) is 52.9 Å². The summed E-state index contributed by atoms with van der Waals surface area (Å²) in [7, 11) is 0. The smallest absolute Gasteiger partial charge is 0.320 e. The Morgan fingerprint density at radius 2 is 1.81 bits per heavy atom. The van der Waals surface area contributed by atoms with Gasteiger partial charge in [-0.05, 0) is 61.8 Å². The summed E-state index contributed by atoms with van der Waals surface area (Å²) in [5.74, 6) is 0.340. The highest BCUT2D eigenvalue weighted by molar-refractivity contribution is 5.77. The fourth-order valence-electron chi connectivity index (χ4n) is 4.11. The maximum Gasteiger partial charge on any atom is 0.320 e. The lowest BCUT2D eigenvalue weighted by Crippen LogP contribution is -2.52. The molecule has 3 rings (SSSR count). The van der Waals surface area contributed by atoms with Gasteiger partial charge in [0.15, 0.2) is 0 Å². The van der Waals surface area contributed by atoms with Gasteiger partial charge in [-0.1, -0.05) is 26.0 Å².